The van der Waals surface area contributed by atoms with Gasteiger partial charge in [0.15, 0.2) is 11.6 Å². The average molecular weight is 487 g/mol. The van der Waals surface area contributed by atoms with Crippen molar-refractivity contribution in [1.82, 2.24) is 0 Å². The molecule has 3 N–H and O–H groups in total. The van der Waals surface area contributed by atoms with E-state index in [9.17, 15) is 26.4 Å². The van der Waals surface area contributed by atoms with Gasteiger partial charge < -0.3 is 4.74 Å². The predicted molar refractivity (Wildman–Crippen MR) is 120 cm³/mol. The number of hydrogen-bond acceptors (Lipinski definition) is 7. The van der Waals surface area contributed by atoms with Gasteiger partial charge in [0, 0.05) is 27.9 Å². The van der Waals surface area contributed by atoms with Crippen LogP contribution >= 0.6 is 0 Å². The Balaban J connectivity index is 1.69. The van der Waals surface area contributed by atoms with Crippen LogP contribution in [0, 0.1) is 0 Å². The van der Waals surface area contributed by atoms with Gasteiger partial charge in [-0.25, -0.2) is 22.0 Å². The molecular formula is C22H18N2O7S2. The number of ether oxygens (including phenoxy) is 1. The smallest absolute Gasteiger partial charge is 0.261 e. The van der Waals surface area contributed by atoms with Crippen molar-refractivity contribution < 1.29 is 31.2 Å². The summed E-state index contributed by atoms with van der Waals surface area (Å²) in [5.74, 6) is -0.616. The molecule has 1 aliphatic carbocycles. The van der Waals surface area contributed by atoms with E-state index in [0.717, 1.165) is 18.2 Å². The summed E-state index contributed by atoms with van der Waals surface area (Å²) in [5, 5.41) is 5.11. The van der Waals surface area contributed by atoms with E-state index in [1.165, 1.54) is 30.3 Å². The Morgan fingerprint density at radius 1 is 0.758 bits per heavy atom. The summed E-state index contributed by atoms with van der Waals surface area (Å²) in [6.07, 6.45) is 0. The second kappa shape index (κ2) is 8.10. The molecule has 0 spiro atoms. The van der Waals surface area contributed by atoms with Gasteiger partial charge in [-0.3, -0.25) is 14.3 Å². The second-order valence-corrected chi connectivity index (χ2v) is 10.4. The molecule has 1 aliphatic rings. The number of primary sulfonamides is 1. The number of sulfonamides is 2. The van der Waals surface area contributed by atoms with Gasteiger partial charge in [0.2, 0.25) is 10.0 Å². The number of ketones is 2. The predicted octanol–water partition coefficient (Wildman–Crippen LogP) is 2.31. The van der Waals surface area contributed by atoms with Crippen LogP contribution in [0.1, 0.15) is 38.8 Å². The zero-order valence-corrected chi connectivity index (χ0v) is 18.9. The van der Waals surface area contributed by atoms with Gasteiger partial charge in [-0.2, -0.15) is 0 Å². The molecule has 0 unspecified atom stereocenters. The lowest BCUT2D eigenvalue weighted by atomic mass is 9.84. The molecule has 0 bridgehead atoms. The van der Waals surface area contributed by atoms with E-state index in [1.54, 1.807) is 12.1 Å². The lowest BCUT2D eigenvalue weighted by Crippen LogP contribution is -2.23. The molecule has 0 amide bonds. The molecule has 3 aromatic carbocycles. The Labute approximate surface area is 190 Å². The minimum Gasteiger partial charge on any atom is -0.494 e. The van der Waals surface area contributed by atoms with Crippen molar-refractivity contribution >= 4 is 37.3 Å². The molecule has 11 heteroatoms. The summed E-state index contributed by atoms with van der Waals surface area (Å²) >= 11 is 0. The van der Waals surface area contributed by atoms with Crippen molar-refractivity contribution in [2.45, 2.75) is 16.7 Å². The minimum atomic E-state index is -4.08. The number of nitrogens with one attached hydrogen (secondary N) is 1. The van der Waals surface area contributed by atoms with E-state index in [-0.39, 0.29) is 32.0 Å². The summed E-state index contributed by atoms with van der Waals surface area (Å²) in [6.45, 7) is 2.30. The number of fused-ring (bicyclic) bond motifs is 2. The lowest BCUT2D eigenvalue weighted by Gasteiger charge is -2.19. The van der Waals surface area contributed by atoms with E-state index in [0.29, 0.717) is 18.0 Å². The van der Waals surface area contributed by atoms with Crippen molar-refractivity contribution in [2.75, 3.05) is 11.3 Å². The number of anilines is 1. The number of carbonyl (C=O) groups is 2. The average Bonchev–Trinajstić information content (AvgIpc) is 2.77. The lowest BCUT2D eigenvalue weighted by molar-refractivity contribution is 0.0978. The molecule has 170 valence electrons. The van der Waals surface area contributed by atoms with Crippen LogP contribution in [-0.4, -0.2) is 35.0 Å². The molecule has 33 heavy (non-hydrogen) atoms. The standard InChI is InChI=1S/C22H18N2O7S2/c1-2-31-14-5-3-13(4-6-14)24-33(29,30)16-8-10-18-20(12-16)22(26)17-9-7-15(32(23,27)28)11-19(17)21(18)25/h3-12,24H,2H2,1H3,(H2,23,27,28). The quantitative estimate of drug-likeness (QED) is 0.424. The highest BCUT2D eigenvalue weighted by Crippen LogP contribution is 2.31. The fourth-order valence-corrected chi connectivity index (χ4v) is 5.08. The highest BCUT2D eigenvalue weighted by molar-refractivity contribution is 7.92. The first-order chi connectivity index (χ1) is 15.5. The first kappa shape index (κ1) is 22.6. The van der Waals surface area contributed by atoms with Gasteiger partial charge in [-0.05, 0) is 67.6 Å². The maximum Gasteiger partial charge on any atom is 0.261 e. The van der Waals surface area contributed by atoms with Gasteiger partial charge in [0.25, 0.3) is 10.0 Å². The maximum atomic E-state index is 13.0. The fourth-order valence-electron chi connectivity index (χ4n) is 3.45. The van der Waals surface area contributed by atoms with Crippen LogP contribution in [0.3, 0.4) is 0 Å². The number of rotatable bonds is 6. The molecule has 3 aromatic rings. The molecule has 4 rings (SSSR count). The fraction of sp³-hybridized carbons (Fsp3) is 0.0909. The summed E-state index contributed by atoms with van der Waals surface area (Å²) < 4.78 is 56.7. The topological polar surface area (TPSA) is 150 Å². The van der Waals surface area contributed by atoms with E-state index in [1.807, 2.05) is 6.92 Å². The molecular weight excluding hydrogens is 468 g/mol. The highest BCUT2D eigenvalue weighted by atomic mass is 32.2. The van der Waals surface area contributed by atoms with E-state index in [4.69, 9.17) is 9.88 Å². The number of nitrogens with two attached hydrogens (primary N) is 1. The third-order valence-corrected chi connectivity index (χ3v) is 7.31. The van der Waals surface area contributed by atoms with Crippen LogP contribution in [-0.2, 0) is 20.0 Å². The van der Waals surface area contributed by atoms with E-state index in [2.05, 4.69) is 4.72 Å². The molecule has 0 atom stereocenters. The largest absolute Gasteiger partial charge is 0.494 e. The Hall–Kier alpha value is -3.54. The maximum absolute atomic E-state index is 13.0. The van der Waals surface area contributed by atoms with E-state index < -0.39 is 31.6 Å². The van der Waals surface area contributed by atoms with Gasteiger partial charge in [0.1, 0.15) is 5.75 Å². The highest BCUT2D eigenvalue weighted by Gasteiger charge is 2.32. The van der Waals surface area contributed by atoms with Crippen LogP contribution in [0.25, 0.3) is 0 Å². The van der Waals surface area contributed by atoms with Crippen LogP contribution in [0.15, 0.2) is 70.5 Å². The van der Waals surface area contributed by atoms with Crippen molar-refractivity contribution in [1.29, 1.82) is 0 Å². The van der Waals surface area contributed by atoms with Crippen molar-refractivity contribution in [2.24, 2.45) is 5.14 Å². The zero-order valence-electron chi connectivity index (χ0n) is 17.2. The summed E-state index contributed by atoms with van der Waals surface area (Å²) in [4.78, 5) is 25.4. The van der Waals surface area contributed by atoms with Crippen LogP contribution < -0.4 is 14.6 Å². The summed E-state index contributed by atoms with van der Waals surface area (Å²) in [6, 6.07) is 13.2. The monoisotopic (exact) mass is 486 g/mol. The Bertz CT molecular complexity index is 1510. The second-order valence-electron chi connectivity index (χ2n) is 7.18. The Morgan fingerprint density at radius 3 is 1.79 bits per heavy atom. The first-order valence-corrected chi connectivity index (χ1v) is 12.7. The number of hydrogen-bond donors (Lipinski definition) is 2. The molecule has 0 aromatic heterocycles. The van der Waals surface area contributed by atoms with Gasteiger partial charge in [0.05, 0.1) is 16.4 Å². The van der Waals surface area contributed by atoms with E-state index >= 15 is 0 Å². The van der Waals surface area contributed by atoms with Crippen LogP contribution in [0.5, 0.6) is 5.75 Å². The van der Waals surface area contributed by atoms with Crippen molar-refractivity contribution in [3.63, 3.8) is 0 Å². The number of benzene rings is 3. The molecule has 0 saturated carbocycles. The third kappa shape index (κ3) is 4.25. The first-order valence-electron chi connectivity index (χ1n) is 9.67. The zero-order chi connectivity index (χ0) is 24.0. The van der Waals surface area contributed by atoms with Crippen LogP contribution in [0.4, 0.5) is 5.69 Å². The molecule has 9 nitrogen and oxygen atoms in total. The molecule has 0 fully saturated rings. The molecule has 0 saturated heterocycles. The molecule has 0 radical (unpaired) electrons. The van der Waals surface area contributed by atoms with Gasteiger partial charge >= 0.3 is 0 Å². The summed E-state index contributed by atoms with van der Waals surface area (Å²) in [7, 11) is -8.14. The van der Waals surface area contributed by atoms with Crippen LogP contribution in [0.2, 0.25) is 0 Å². The Morgan fingerprint density at radius 2 is 1.27 bits per heavy atom. The molecule has 0 heterocycles. The van der Waals surface area contributed by atoms with Crippen molar-refractivity contribution in [3.05, 3.63) is 82.9 Å². The Kier molecular flexibility index (Phi) is 5.56. The van der Waals surface area contributed by atoms with Gasteiger partial charge in [-0.1, -0.05) is 0 Å². The SMILES string of the molecule is CCOc1ccc(NS(=O)(=O)c2ccc3c(c2)C(=O)c2ccc(S(N)(=O)=O)cc2C3=O)cc1. The third-order valence-electron chi connectivity index (χ3n) is 5.02. The van der Waals surface area contributed by atoms with Gasteiger partial charge in [-0.15, -0.1) is 0 Å². The normalized spacial score (nSPS) is 13.3. The molecule has 0 aliphatic heterocycles. The number of carbonyl (C=O) groups excluding carboxylic acids is 2. The summed E-state index contributed by atoms with van der Waals surface area (Å²) in [5.41, 5.74) is 0.0278. The minimum absolute atomic E-state index is 0.0286. The van der Waals surface area contributed by atoms with Crippen molar-refractivity contribution in [3.8, 4) is 5.75 Å².